The van der Waals surface area contributed by atoms with Gasteiger partial charge in [0.1, 0.15) is 0 Å². The Bertz CT molecular complexity index is 1280. The van der Waals surface area contributed by atoms with Gasteiger partial charge >= 0.3 is 6.03 Å². The number of rotatable bonds is 7. The lowest BCUT2D eigenvalue weighted by atomic mass is 10.2. The van der Waals surface area contributed by atoms with Crippen molar-refractivity contribution in [3.05, 3.63) is 77.1 Å². The summed E-state index contributed by atoms with van der Waals surface area (Å²) in [5, 5.41) is 7.51. The second-order valence-electron chi connectivity index (χ2n) is 8.54. The Labute approximate surface area is 206 Å². The second kappa shape index (κ2) is 10.6. The number of urea groups is 1. The Kier molecular flexibility index (Phi) is 7.54. The van der Waals surface area contributed by atoms with Crippen molar-refractivity contribution >= 4 is 16.1 Å². The van der Waals surface area contributed by atoms with Crippen LogP contribution >= 0.6 is 0 Å². The van der Waals surface area contributed by atoms with Crippen molar-refractivity contribution in [1.29, 1.82) is 0 Å². The van der Waals surface area contributed by atoms with Gasteiger partial charge in [-0.05, 0) is 37.6 Å². The number of para-hydroxylation sites is 1. The Hall–Kier alpha value is -3.21. The van der Waals surface area contributed by atoms with Crippen LogP contribution in [0.15, 0.2) is 59.5 Å². The Morgan fingerprint density at radius 1 is 1.06 bits per heavy atom. The fraction of sp³-hybridized carbons (Fsp3) is 0.360. The molecule has 1 aromatic heterocycles. The van der Waals surface area contributed by atoms with Gasteiger partial charge in [0.2, 0.25) is 10.0 Å². The summed E-state index contributed by atoms with van der Waals surface area (Å²) in [4.78, 5) is 14.7. The zero-order chi connectivity index (χ0) is 25.0. The molecule has 4 rings (SSSR count). The first-order valence-corrected chi connectivity index (χ1v) is 13.0. The minimum Gasteiger partial charge on any atom is -0.379 e. The molecule has 1 N–H and O–H groups in total. The highest BCUT2D eigenvalue weighted by molar-refractivity contribution is 7.89. The highest BCUT2D eigenvalue weighted by Gasteiger charge is 2.28. The van der Waals surface area contributed by atoms with Gasteiger partial charge < -0.3 is 15.0 Å². The van der Waals surface area contributed by atoms with Gasteiger partial charge in [-0.25, -0.2) is 17.9 Å². The maximum Gasteiger partial charge on any atom is 0.317 e. The van der Waals surface area contributed by atoms with E-state index in [-0.39, 0.29) is 17.5 Å². The van der Waals surface area contributed by atoms with Crippen LogP contribution in [0, 0.1) is 13.8 Å². The van der Waals surface area contributed by atoms with Crippen molar-refractivity contribution in [2.75, 3.05) is 33.4 Å². The first-order valence-electron chi connectivity index (χ1n) is 11.5. The first-order chi connectivity index (χ1) is 16.8. The van der Waals surface area contributed by atoms with Gasteiger partial charge in [-0.3, -0.25) is 0 Å². The third-order valence-corrected chi connectivity index (χ3v) is 8.17. The summed E-state index contributed by atoms with van der Waals surface area (Å²) in [6, 6.07) is 16.3. The number of ether oxygens (including phenoxy) is 1. The lowest BCUT2D eigenvalue weighted by Gasteiger charge is -2.27. The van der Waals surface area contributed by atoms with E-state index in [2.05, 4.69) is 10.4 Å². The summed E-state index contributed by atoms with van der Waals surface area (Å²) in [7, 11) is -1.95. The molecule has 0 aliphatic carbocycles. The first kappa shape index (κ1) is 24.9. The number of carbonyl (C=O) groups is 1. The van der Waals surface area contributed by atoms with Crippen molar-refractivity contribution in [2.24, 2.45) is 0 Å². The number of sulfonamides is 1. The molecule has 1 fully saturated rings. The summed E-state index contributed by atoms with van der Waals surface area (Å²) < 4.78 is 34.9. The molecule has 0 unspecified atom stereocenters. The average molecular weight is 498 g/mol. The zero-order valence-electron chi connectivity index (χ0n) is 20.3. The molecule has 2 heterocycles. The second-order valence-corrected chi connectivity index (χ2v) is 10.4. The van der Waals surface area contributed by atoms with E-state index >= 15 is 0 Å². The average Bonchev–Trinajstić information content (AvgIpc) is 3.16. The van der Waals surface area contributed by atoms with Crippen molar-refractivity contribution in [1.82, 2.24) is 24.3 Å². The maximum atomic E-state index is 13.2. The fourth-order valence-corrected chi connectivity index (χ4v) is 5.80. The van der Waals surface area contributed by atoms with Crippen LogP contribution in [-0.4, -0.2) is 66.8 Å². The van der Waals surface area contributed by atoms with Gasteiger partial charge in [0.25, 0.3) is 0 Å². The van der Waals surface area contributed by atoms with Crippen LogP contribution in [0.2, 0.25) is 0 Å². The van der Waals surface area contributed by atoms with Crippen LogP contribution in [-0.2, 0) is 27.8 Å². The maximum absolute atomic E-state index is 13.2. The normalized spacial score (nSPS) is 14.6. The molecule has 0 bridgehead atoms. The molecule has 0 atom stereocenters. The molecular formula is C25H31N5O4S. The van der Waals surface area contributed by atoms with Crippen molar-refractivity contribution in [3.8, 4) is 5.69 Å². The number of morpholine rings is 1. The van der Waals surface area contributed by atoms with E-state index in [1.165, 1.54) is 4.31 Å². The molecule has 1 aliphatic rings. The number of benzene rings is 2. The van der Waals surface area contributed by atoms with Crippen LogP contribution in [0.4, 0.5) is 4.79 Å². The number of nitrogens with zero attached hydrogens (tertiary/aromatic N) is 4. The third-order valence-electron chi connectivity index (χ3n) is 6.17. The number of carbonyl (C=O) groups excluding carboxylic acids is 1. The molecule has 1 aliphatic heterocycles. The predicted molar refractivity (Wildman–Crippen MR) is 133 cm³/mol. The Morgan fingerprint density at radius 3 is 2.43 bits per heavy atom. The van der Waals surface area contributed by atoms with E-state index in [0.717, 1.165) is 22.6 Å². The van der Waals surface area contributed by atoms with Crippen LogP contribution in [0.3, 0.4) is 0 Å². The number of amides is 2. The van der Waals surface area contributed by atoms with Gasteiger partial charge in [0.15, 0.2) is 0 Å². The van der Waals surface area contributed by atoms with Crippen molar-refractivity contribution in [2.45, 2.75) is 31.8 Å². The van der Waals surface area contributed by atoms with E-state index in [1.807, 2.05) is 48.9 Å². The third kappa shape index (κ3) is 5.39. The van der Waals surface area contributed by atoms with E-state index < -0.39 is 10.0 Å². The lowest BCUT2D eigenvalue weighted by Crippen LogP contribution is -2.41. The number of aryl methyl sites for hydroxylation is 1. The predicted octanol–water partition coefficient (Wildman–Crippen LogP) is 2.85. The lowest BCUT2D eigenvalue weighted by molar-refractivity contribution is 0.0730. The van der Waals surface area contributed by atoms with Crippen molar-refractivity contribution < 1.29 is 17.9 Å². The van der Waals surface area contributed by atoms with E-state index in [0.29, 0.717) is 38.4 Å². The number of aromatic nitrogens is 2. The molecule has 1 saturated heterocycles. The van der Waals surface area contributed by atoms with Crippen LogP contribution in [0.1, 0.15) is 22.5 Å². The number of hydrogen-bond acceptors (Lipinski definition) is 5. The molecule has 3 aromatic rings. The zero-order valence-corrected chi connectivity index (χ0v) is 21.1. The largest absolute Gasteiger partial charge is 0.379 e. The monoisotopic (exact) mass is 497 g/mol. The number of hydrogen-bond donors (Lipinski definition) is 1. The molecule has 9 nitrogen and oxygen atoms in total. The van der Waals surface area contributed by atoms with E-state index in [9.17, 15) is 13.2 Å². The Morgan fingerprint density at radius 2 is 1.71 bits per heavy atom. The van der Waals surface area contributed by atoms with Crippen LogP contribution in [0.5, 0.6) is 0 Å². The molecule has 0 spiro atoms. The van der Waals surface area contributed by atoms with Gasteiger partial charge in [-0.1, -0.05) is 36.4 Å². The minimum absolute atomic E-state index is 0.101. The molecule has 2 aromatic carbocycles. The van der Waals surface area contributed by atoms with Gasteiger partial charge in [-0.2, -0.15) is 9.40 Å². The minimum atomic E-state index is -3.67. The van der Waals surface area contributed by atoms with E-state index in [1.54, 1.807) is 36.2 Å². The van der Waals surface area contributed by atoms with Gasteiger partial charge in [-0.15, -0.1) is 0 Å². The summed E-state index contributed by atoms with van der Waals surface area (Å²) in [6.07, 6.45) is 0. The standard InChI is InChI=1S/C25H31N5O4S/c1-19-23(20(2)30(27-19)22-10-5-4-6-11-22)18-28(3)25(31)26-17-21-9-7-8-12-24(21)35(32,33)29-13-15-34-16-14-29/h4-12H,13-18H2,1-3H3,(H,26,31). The topological polar surface area (TPSA) is 96.8 Å². The van der Waals surface area contributed by atoms with Gasteiger partial charge in [0.05, 0.1) is 36.0 Å². The summed E-state index contributed by atoms with van der Waals surface area (Å²) in [5.74, 6) is 0. The highest BCUT2D eigenvalue weighted by Crippen LogP contribution is 2.22. The summed E-state index contributed by atoms with van der Waals surface area (Å²) in [6.45, 7) is 5.79. The fourth-order valence-electron chi connectivity index (χ4n) is 4.17. The van der Waals surface area contributed by atoms with E-state index in [4.69, 9.17) is 4.74 Å². The molecule has 186 valence electrons. The molecule has 2 amide bonds. The Balaban J connectivity index is 1.44. The summed E-state index contributed by atoms with van der Waals surface area (Å²) in [5.41, 5.74) is 4.31. The number of nitrogens with one attached hydrogen (secondary N) is 1. The van der Waals surface area contributed by atoms with Crippen LogP contribution in [0.25, 0.3) is 5.69 Å². The molecule has 0 radical (unpaired) electrons. The smallest absolute Gasteiger partial charge is 0.317 e. The molecular weight excluding hydrogens is 466 g/mol. The van der Waals surface area contributed by atoms with Crippen LogP contribution < -0.4 is 5.32 Å². The summed E-state index contributed by atoms with van der Waals surface area (Å²) >= 11 is 0. The SMILES string of the molecule is Cc1nn(-c2ccccc2)c(C)c1CN(C)C(=O)NCc1ccccc1S(=O)(=O)N1CCOCC1. The molecule has 35 heavy (non-hydrogen) atoms. The van der Waals surface area contributed by atoms with Gasteiger partial charge in [0, 0.05) is 37.9 Å². The highest BCUT2D eigenvalue weighted by atomic mass is 32.2. The van der Waals surface area contributed by atoms with Crippen molar-refractivity contribution in [3.63, 3.8) is 0 Å². The molecule has 0 saturated carbocycles. The quantitative estimate of drug-likeness (QED) is 0.542. The molecule has 10 heteroatoms.